The minimum Gasteiger partial charge on any atom is -0.492 e. The highest BCUT2D eigenvalue weighted by atomic mass is 35.5. The molecule has 100 valence electrons. The fourth-order valence-electron chi connectivity index (χ4n) is 1.53. The van der Waals surface area contributed by atoms with E-state index in [2.05, 4.69) is 5.32 Å². The highest BCUT2D eigenvalue weighted by molar-refractivity contribution is 6.30. The van der Waals surface area contributed by atoms with Gasteiger partial charge < -0.3 is 10.1 Å². The van der Waals surface area contributed by atoms with Gasteiger partial charge in [-0.1, -0.05) is 17.7 Å². The molecule has 0 aliphatic carbocycles. The lowest BCUT2D eigenvalue weighted by Crippen LogP contribution is -2.11. The Hall–Kier alpha value is -1.81. The summed E-state index contributed by atoms with van der Waals surface area (Å²) in [5.41, 5.74) is 0.876. The molecule has 2 aromatic carbocycles. The predicted octanol–water partition coefficient (Wildman–Crippen LogP) is 4.11. The van der Waals surface area contributed by atoms with E-state index in [4.69, 9.17) is 16.3 Å². The largest absolute Gasteiger partial charge is 0.492 e. The Morgan fingerprint density at radius 2 is 1.89 bits per heavy atom. The topological polar surface area (TPSA) is 21.3 Å². The van der Waals surface area contributed by atoms with Gasteiger partial charge in [0.25, 0.3) is 0 Å². The van der Waals surface area contributed by atoms with Crippen molar-refractivity contribution in [3.8, 4) is 5.75 Å². The Balaban J connectivity index is 1.79. The van der Waals surface area contributed by atoms with E-state index in [1.54, 1.807) is 12.1 Å². The number of ether oxygens (including phenoxy) is 1. The van der Waals surface area contributed by atoms with Crippen LogP contribution in [0, 0.1) is 11.6 Å². The molecule has 0 heterocycles. The van der Waals surface area contributed by atoms with Crippen LogP contribution in [-0.4, -0.2) is 13.2 Å². The summed E-state index contributed by atoms with van der Waals surface area (Å²) < 4.78 is 30.9. The quantitative estimate of drug-likeness (QED) is 0.834. The lowest BCUT2D eigenvalue weighted by Gasteiger charge is -2.09. The van der Waals surface area contributed by atoms with Crippen LogP contribution >= 0.6 is 11.6 Å². The molecule has 2 nitrogen and oxygen atoms in total. The Bertz CT molecular complexity index is 563. The SMILES string of the molecule is Fc1ccc(OCCNc2cccc(Cl)c2)cc1F. The van der Waals surface area contributed by atoms with Gasteiger partial charge in [-0.2, -0.15) is 0 Å². The average Bonchev–Trinajstić information content (AvgIpc) is 2.39. The number of nitrogens with one attached hydrogen (secondary N) is 1. The zero-order chi connectivity index (χ0) is 13.7. The van der Waals surface area contributed by atoms with Crippen molar-refractivity contribution in [1.82, 2.24) is 0 Å². The van der Waals surface area contributed by atoms with Crippen LogP contribution in [0.3, 0.4) is 0 Å². The van der Waals surface area contributed by atoms with Crippen molar-refractivity contribution in [2.75, 3.05) is 18.5 Å². The smallest absolute Gasteiger partial charge is 0.162 e. The molecule has 2 rings (SSSR count). The number of anilines is 1. The molecule has 0 spiro atoms. The van der Waals surface area contributed by atoms with Crippen LogP contribution < -0.4 is 10.1 Å². The van der Waals surface area contributed by atoms with Crippen LogP contribution in [0.15, 0.2) is 42.5 Å². The second-order valence-corrected chi connectivity index (χ2v) is 4.30. The van der Waals surface area contributed by atoms with Gasteiger partial charge in [-0.3, -0.25) is 0 Å². The molecule has 0 bridgehead atoms. The van der Waals surface area contributed by atoms with E-state index in [0.29, 0.717) is 23.9 Å². The van der Waals surface area contributed by atoms with E-state index in [1.807, 2.05) is 12.1 Å². The maximum Gasteiger partial charge on any atom is 0.162 e. The van der Waals surface area contributed by atoms with Crippen LogP contribution in [0.5, 0.6) is 5.75 Å². The third kappa shape index (κ3) is 4.10. The molecular formula is C14H12ClF2NO. The number of hydrogen-bond acceptors (Lipinski definition) is 2. The third-order valence-electron chi connectivity index (χ3n) is 2.42. The zero-order valence-electron chi connectivity index (χ0n) is 10.00. The molecule has 5 heteroatoms. The van der Waals surface area contributed by atoms with Gasteiger partial charge in [0, 0.05) is 23.3 Å². The Labute approximate surface area is 115 Å². The first-order chi connectivity index (χ1) is 9.15. The summed E-state index contributed by atoms with van der Waals surface area (Å²) in [6.07, 6.45) is 0. The molecular weight excluding hydrogens is 272 g/mol. The lowest BCUT2D eigenvalue weighted by atomic mass is 10.3. The molecule has 0 aliphatic rings. The Morgan fingerprint density at radius 3 is 2.63 bits per heavy atom. The number of hydrogen-bond donors (Lipinski definition) is 1. The first-order valence-corrected chi connectivity index (χ1v) is 6.10. The average molecular weight is 284 g/mol. The van der Waals surface area contributed by atoms with Gasteiger partial charge in [0.05, 0.1) is 0 Å². The second-order valence-electron chi connectivity index (χ2n) is 3.86. The monoisotopic (exact) mass is 283 g/mol. The van der Waals surface area contributed by atoms with E-state index in [0.717, 1.165) is 17.8 Å². The van der Waals surface area contributed by atoms with Gasteiger partial charge >= 0.3 is 0 Å². The van der Waals surface area contributed by atoms with E-state index in [-0.39, 0.29) is 0 Å². The van der Waals surface area contributed by atoms with Gasteiger partial charge in [-0.25, -0.2) is 8.78 Å². The number of halogens is 3. The molecule has 19 heavy (non-hydrogen) atoms. The van der Waals surface area contributed by atoms with Crippen molar-refractivity contribution in [3.05, 3.63) is 59.1 Å². The molecule has 0 aromatic heterocycles. The van der Waals surface area contributed by atoms with E-state index < -0.39 is 11.6 Å². The zero-order valence-corrected chi connectivity index (χ0v) is 10.8. The molecule has 1 N–H and O–H groups in total. The maximum absolute atomic E-state index is 12.9. The minimum absolute atomic E-state index is 0.298. The molecule has 0 radical (unpaired) electrons. The molecule has 2 aromatic rings. The summed E-state index contributed by atoms with van der Waals surface area (Å²) >= 11 is 5.84. The van der Waals surface area contributed by atoms with E-state index in [9.17, 15) is 8.78 Å². The Morgan fingerprint density at radius 1 is 1.05 bits per heavy atom. The van der Waals surface area contributed by atoms with Gasteiger partial charge in [0.2, 0.25) is 0 Å². The van der Waals surface area contributed by atoms with E-state index >= 15 is 0 Å². The summed E-state index contributed by atoms with van der Waals surface area (Å²) in [5, 5.41) is 3.75. The summed E-state index contributed by atoms with van der Waals surface area (Å²) in [5.74, 6) is -1.50. The van der Waals surface area contributed by atoms with Crippen molar-refractivity contribution in [2.45, 2.75) is 0 Å². The van der Waals surface area contributed by atoms with Gasteiger partial charge in [-0.15, -0.1) is 0 Å². The van der Waals surface area contributed by atoms with Crippen molar-refractivity contribution < 1.29 is 13.5 Å². The fraction of sp³-hybridized carbons (Fsp3) is 0.143. The number of benzene rings is 2. The first kappa shape index (κ1) is 13.6. The van der Waals surface area contributed by atoms with Gasteiger partial charge in [0.1, 0.15) is 12.4 Å². The standard InChI is InChI=1S/C14H12ClF2NO/c15-10-2-1-3-11(8-10)18-6-7-19-12-4-5-13(16)14(17)9-12/h1-5,8-9,18H,6-7H2. The van der Waals surface area contributed by atoms with Crippen LogP contribution in [0.2, 0.25) is 5.02 Å². The highest BCUT2D eigenvalue weighted by Crippen LogP contribution is 2.16. The van der Waals surface area contributed by atoms with E-state index in [1.165, 1.54) is 6.07 Å². The first-order valence-electron chi connectivity index (χ1n) is 5.72. The van der Waals surface area contributed by atoms with Gasteiger partial charge in [0.15, 0.2) is 11.6 Å². The van der Waals surface area contributed by atoms with Crippen LogP contribution in [0.1, 0.15) is 0 Å². The summed E-state index contributed by atoms with van der Waals surface area (Å²) in [4.78, 5) is 0. The third-order valence-corrected chi connectivity index (χ3v) is 2.65. The molecule has 0 saturated heterocycles. The highest BCUT2D eigenvalue weighted by Gasteiger charge is 2.02. The predicted molar refractivity (Wildman–Crippen MR) is 71.8 cm³/mol. The van der Waals surface area contributed by atoms with Crippen molar-refractivity contribution in [2.24, 2.45) is 0 Å². The molecule has 0 atom stereocenters. The number of rotatable bonds is 5. The second kappa shape index (κ2) is 6.38. The maximum atomic E-state index is 12.9. The normalized spacial score (nSPS) is 10.3. The summed E-state index contributed by atoms with van der Waals surface area (Å²) in [7, 11) is 0. The summed E-state index contributed by atoms with van der Waals surface area (Å²) in [6.45, 7) is 0.858. The van der Waals surface area contributed by atoms with Crippen LogP contribution in [0.4, 0.5) is 14.5 Å². The lowest BCUT2D eigenvalue weighted by molar-refractivity contribution is 0.329. The Kier molecular flexibility index (Phi) is 4.58. The minimum atomic E-state index is -0.916. The van der Waals surface area contributed by atoms with Crippen molar-refractivity contribution in [3.63, 3.8) is 0 Å². The van der Waals surface area contributed by atoms with Gasteiger partial charge in [-0.05, 0) is 30.3 Å². The molecule has 0 saturated carbocycles. The van der Waals surface area contributed by atoms with Crippen LogP contribution in [0.25, 0.3) is 0 Å². The molecule has 0 fully saturated rings. The molecule has 0 aliphatic heterocycles. The van der Waals surface area contributed by atoms with Crippen molar-refractivity contribution >= 4 is 17.3 Å². The van der Waals surface area contributed by atoms with Crippen LogP contribution in [-0.2, 0) is 0 Å². The summed E-state index contributed by atoms with van der Waals surface area (Å²) in [6, 6.07) is 10.7. The molecule has 0 amide bonds. The van der Waals surface area contributed by atoms with Crippen molar-refractivity contribution in [1.29, 1.82) is 0 Å². The molecule has 0 unspecified atom stereocenters. The fourth-order valence-corrected chi connectivity index (χ4v) is 1.72.